The van der Waals surface area contributed by atoms with Crippen molar-refractivity contribution in [1.29, 1.82) is 0 Å². The van der Waals surface area contributed by atoms with E-state index in [2.05, 4.69) is 20.9 Å². The molecule has 2 nitrogen and oxygen atoms in total. The van der Waals surface area contributed by atoms with E-state index >= 15 is 0 Å². The summed E-state index contributed by atoms with van der Waals surface area (Å²) in [4.78, 5) is 4.20. The molecule has 0 atom stereocenters. The molecule has 0 radical (unpaired) electrons. The molecule has 0 aliphatic heterocycles. The molecule has 3 rings (SSSR count). The van der Waals surface area contributed by atoms with Crippen LogP contribution in [-0.2, 0) is 11.5 Å². The second-order valence-corrected chi connectivity index (χ2v) is 5.14. The molecule has 0 fully saturated rings. The predicted octanol–water partition coefficient (Wildman–Crippen LogP) is 4.94. The molecule has 1 aromatic heterocycles. The van der Waals surface area contributed by atoms with Crippen molar-refractivity contribution >= 4 is 27.0 Å². The van der Waals surface area contributed by atoms with Gasteiger partial charge in [-0.15, -0.1) is 0 Å². The first-order valence-electron chi connectivity index (χ1n) is 6.19. The number of alkyl halides is 4. The minimum absolute atomic E-state index is 0.160. The summed E-state index contributed by atoms with van der Waals surface area (Å²) in [6.07, 6.45) is -2.84. The second-order valence-electron chi connectivity index (χ2n) is 4.58. The molecule has 6 heteroatoms. The van der Waals surface area contributed by atoms with Crippen molar-refractivity contribution in [2.45, 2.75) is 11.5 Å². The number of rotatable bonds is 2. The maximum atomic E-state index is 13.1. The van der Waals surface area contributed by atoms with Gasteiger partial charge in [-0.2, -0.15) is 13.2 Å². The average molecular weight is 355 g/mol. The normalized spacial score (nSPS) is 12.0. The fourth-order valence-electron chi connectivity index (χ4n) is 2.26. The van der Waals surface area contributed by atoms with Gasteiger partial charge < -0.3 is 0 Å². The lowest BCUT2D eigenvalue weighted by Gasteiger charge is -2.14. The summed E-state index contributed by atoms with van der Waals surface area (Å²) in [7, 11) is 0. The predicted molar refractivity (Wildman–Crippen MR) is 78.7 cm³/mol. The quantitative estimate of drug-likeness (QED) is 0.596. The molecule has 1 heterocycles. The molecular formula is C15H10BrF3N2. The van der Waals surface area contributed by atoms with E-state index in [4.69, 9.17) is 0 Å². The maximum absolute atomic E-state index is 13.1. The number of hydrogen-bond donors (Lipinski definition) is 0. The van der Waals surface area contributed by atoms with Gasteiger partial charge in [-0.25, -0.2) is 4.98 Å². The summed E-state index contributed by atoms with van der Waals surface area (Å²) in [5.74, 6) is 0. The Labute approximate surface area is 127 Å². The molecule has 0 aliphatic carbocycles. The van der Waals surface area contributed by atoms with Gasteiger partial charge in [-0.1, -0.05) is 34.1 Å². The average Bonchev–Trinajstić information content (AvgIpc) is 2.89. The van der Waals surface area contributed by atoms with Crippen LogP contribution >= 0.6 is 15.9 Å². The molecule has 3 aromatic rings. The Hall–Kier alpha value is -1.82. The van der Waals surface area contributed by atoms with E-state index in [9.17, 15) is 13.2 Å². The van der Waals surface area contributed by atoms with Crippen LogP contribution in [-0.4, -0.2) is 9.55 Å². The van der Waals surface area contributed by atoms with Crippen LogP contribution in [0.2, 0.25) is 0 Å². The van der Waals surface area contributed by atoms with Gasteiger partial charge in [0.1, 0.15) is 6.33 Å². The smallest absolute Gasteiger partial charge is 0.299 e. The van der Waals surface area contributed by atoms with E-state index in [1.54, 1.807) is 10.6 Å². The Morgan fingerprint density at radius 2 is 1.86 bits per heavy atom. The Morgan fingerprint density at radius 1 is 1.10 bits per heavy atom. The van der Waals surface area contributed by atoms with E-state index < -0.39 is 11.7 Å². The Balaban J connectivity index is 2.19. The summed E-state index contributed by atoms with van der Waals surface area (Å²) >= 11 is 3.09. The van der Waals surface area contributed by atoms with Crippen molar-refractivity contribution in [2.75, 3.05) is 0 Å². The summed E-state index contributed by atoms with van der Waals surface area (Å²) in [5, 5.41) is 0.160. The molecule has 0 amide bonds. The number of halogens is 4. The molecule has 0 saturated heterocycles. The Kier molecular flexibility index (Phi) is 3.49. The lowest BCUT2D eigenvalue weighted by Crippen LogP contribution is -2.09. The standard InChI is InChI=1S/C15H10BrF3N2/c16-8-10-5-6-11(7-12(10)15(17,18)19)21-9-20-13-3-1-2-4-14(13)21/h1-7,9H,8H2. The van der Waals surface area contributed by atoms with Gasteiger partial charge in [0.25, 0.3) is 0 Å². The van der Waals surface area contributed by atoms with Gasteiger partial charge in [0.2, 0.25) is 0 Å². The number of fused-ring (bicyclic) bond motifs is 1. The third-order valence-electron chi connectivity index (χ3n) is 3.27. The first-order chi connectivity index (χ1) is 10.0. The van der Waals surface area contributed by atoms with Crippen molar-refractivity contribution in [3.8, 4) is 5.69 Å². The van der Waals surface area contributed by atoms with Crippen LogP contribution in [0.4, 0.5) is 13.2 Å². The van der Waals surface area contributed by atoms with E-state index in [0.29, 0.717) is 5.69 Å². The summed E-state index contributed by atoms with van der Waals surface area (Å²) in [6, 6.07) is 11.6. The Morgan fingerprint density at radius 3 is 2.57 bits per heavy atom. The minimum Gasteiger partial charge on any atom is -0.299 e. The summed E-state index contributed by atoms with van der Waals surface area (Å²) < 4.78 is 41.0. The van der Waals surface area contributed by atoms with Crippen LogP contribution in [0.1, 0.15) is 11.1 Å². The van der Waals surface area contributed by atoms with Crippen LogP contribution in [0, 0.1) is 0 Å². The van der Waals surface area contributed by atoms with E-state index in [1.165, 1.54) is 12.4 Å². The van der Waals surface area contributed by atoms with Crippen molar-refractivity contribution in [1.82, 2.24) is 9.55 Å². The number of imidazole rings is 1. The molecular weight excluding hydrogens is 345 g/mol. The van der Waals surface area contributed by atoms with Crippen LogP contribution in [0.15, 0.2) is 48.8 Å². The molecule has 108 valence electrons. The first kappa shape index (κ1) is 14.1. The molecule has 0 N–H and O–H groups in total. The van der Waals surface area contributed by atoms with Gasteiger partial charge in [-0.05, 0) is 29.8 Å². The molecule has 0 spiro atoms. The molecule has 0 bridgehead atoms. The van der Waals surface area contributed by atoms with Crippen LogP contribution in [0.5, 0.6) is 0 Å². The lowest BCUT2D eigenvalue weighted by atomic mass is 10.1. The van der Waals surface area contributed by atoms with Crippen LogP contribution in [0.3, 0.4) is 0 Å². The summed E-state index contributed by atoms with van der Waals surface area (Å²) in [5.41, 5.74) is 1.55. The largest absolute Gasteiger partial charge is 0.416 e. The highest BCUT2D eigenvalue weighted by molar-refractivity contribution is 9.08. The first-order valence-corrected chi connectivity index (χ1v) is 7.31. The molecule has 0 saturated carbocycles. The zero-order chi connectivity index (χ0) is 15.0. The second kappa shape index (κ2) is 5.18. The summed E-state index contributed by atoms with van der Waals surface area (Å²) in [6.45, 7) is 0. The monoisotopic (exact) mass is 354 g/mol. The minimum atomic E-state index is -4.38. The molecule has 21 heavy (non-hydrogen) atoms. The zero-order valence-corrected chi connectivity index (χ0v) is 12.3. The highest BCUT2D eigenvalue weighted by Crippen LogP contribution is 2.34. The number of nitrogens with zero attached hydrogens (tertiary/aromatic N) is 2. The van der Waals surface area contributed by atoms with E-state index in [0.717, 1.165) is 17.1 Å². The maximum Gasteiger partial charge on any atom is 0.416 e. The third kappa shape index (κ3) is 2.55. The zero-order valence-electron chi connectivity index (χ0n) is 10.7. The Bertz CT molecular complexity index is 793. The van der Waals surface area contributed by atoms with Crippen LogP contribution < -0.4 is 0 Å². The van der Waals surface area contributed by atoms with E-state index in [-0.39, 0.29) is 10.9 Å². The fourth-order valence-corrected chi connectivity index (χ4v) is 2.75. The third-order valence-corrected chi connectivity index (χ3v) is 3.88. The molecule has 0 aliphatic rings. The highest BCUT2D eigenvalue weighted by atomic mass is 79.9. The number of benzene rings is 2. The fraction of sp³-hybridized carbons (Fsp3) is 0.133. The van der Waals surface area contributed by atoms with Crippen molar-refractivity contribution in [3.63, 3.8) is 0 Å². The topological polar surface area (TPSA) is 17.8 Å². The number of para-hydroxylation sites is 2. The molecule has 2 aromatic carbocycles. The van der Waals surface area contributed by atoms with Crippen LogP contribution in [0.25, 0.3) is 16.7 Å². The van der Waals surface area contributed by atoms with Crippen molar-refractivity contribution < 1.29 is 13.2 Å². The van der Waals surface area contributed by atoms with Gasteiger partial charge in [-0.3, -0.25) is 4.57 Å². The van der Waals surface area contributed by atoms with Gasteiger partial charge in [0, 0.05) is 11.0 Å². The lowest BCUT2D eigenvalue weighted by molar-refractivity contribution is -0.138. The number of aromatic nitrogens is 2. The van der Waals surface area contributed by atoms with Crippen molar-refractivity contribution in [3.05, 3.63) is 59.9 Å². The number of hydrogen-bond acceptors (Lipinski definition) is 1. The van der Waals surface area contributed by atoms with Gasteiger partial charge in [0.15, 0.2) is 0 Å². The highest BCUT2D eigenvalue weighted by Gasteiger charge is 2.33. The van der Waals surface area contributed by atoms with Crippen molar-refractivity contribution in [2.24, 2.45) is 0 Å². The molecule has 0 unspecified atom stereocenters. The SMILES string of the molecule is FC(F)(F)c1cc(-n2cnc3ccccc32)ccc1CBr. The van der Waals surface area contributed by atoms with E-state index in [1.807, 2.05) is 24.3 Å². The van der Waals surface area contributed by atoms with Gasteiger partial charge >= 0.3 is 6.18 Å². The van der Waals surface area contributed by atoms with Gasteiger partial charge in [0.05, 0.1) is 16.6 Å².